The number of amides is 1. The van der Waals surface area contributed by atoms with Crippen molar-refractivity contribution < 1.29 is 24.3 Å². The number of rotatable bonds is 4. The Kier molecular flexibility index (Phi) is 5.50. The third kappa shape index (κ3) is 3.83. The fourth-order valence-corrected chi connectivity index (χ4v) is 3.77. The van der Waals surface area contributed by atoms with E-state index in [-0.39, 0.29) is 12.5 Å². The Morgan fingerprint density at radius 3 is 2.71 bits per heavy atom. The predicted octanol–water partition coefficient (Wildman–Crippen LogP) is -0.419. The van der Waals surface area contributed by atoms with Crippen molar-refractivity contribution in [2.75, 3.05) is 52.5 Å². The Balaban J connectivity index is 1.57. The summed E-state index contributed by atoms with van der Waals surface area (Å²) < 4.78 is 13.2. The van der Waals surface area contributed by atoms with Gasteiger partial charge in [-0.3, -0.25) is 9.48 Å². The zero-order valence-electron chi connectivity index (χ0n) is 16.2. The predicted molar refractivity (Wildman–Crippen MR) is 103 cm³/mol. The lowest BCUT2D eigenvalue weighted by Crippen LogP contribution is -3.15. The zero-order valence-corrected chi connectivity index (χ0v) is 16.2. The minimum absolute atomic E-state index is 0.00161. The zero-order chi connectivity index (χ0) is 19.5. The van der Waals surface area contributed by atoms with Crippen LogP contribution in [-0.2, 0) is 7.05 Å². The fraction of sp³-hybridized carbons (Fsp3) is 0.500. The monoisotopic (exact) mass is 387 g/mol. The average molecular weight is 387 g/mol. The molecule has 1 fully saturated rings. The van der Waals surface area contributed by atoms with Crippen LogP contribution in [0.4, 0.5) is 0 Å². The summed E-state index contributed by atoms with van der Waals surface area (Å²) in [6.07, 6.45) is 2.63. The van der Waals surface area contributed by atoms with Gasteiger partial charge in [-0.15, -0.1) is 0 Å². The summed E-state index contributed by atoms with van der Waals surface area (Å²) in [5, 5.41) is 13.7. The van der Waals surface area contributed by atoms with Crippen molar-refractivity contribution in [3.63, 3.8) is 0 Å². The number of quaternary nitrogens is 1. The number of nitrogens with zero attached hydrogens (tertiary/aromatic N) is 3. The van der Waals surface area contributed by atoms with Crippen molar-refractivity contribution in [2.24, 2.45) is 7.05 Å². The third-order valence-corrected chi connectivity index (χ3v) is 5.30. The van der Waals surface area contributed by atoms with Crippen LogP contribution in [0.25, 0.3) is 11.3 Å². The van der Waals surface area contributed by atoms with E-state index in [1.807, 2.05) is 30.1 Å². The standard InChI is InChI=1S/C20H26N4O4/c1-22-14-16(20(26)24-7-5-23(6-8-24)9-10-25)19(21-22)15-3-4-17-18(13-15)28-12-2-11-27-17/h3-4,13-14,25H,2,5-12H2,1H3/p+1. The van der Waals surface area contributed by atoms with E-state index in [1.54, 1.807) is 10.9 Å². The molecule has 0 unspecified atom stereocenters. The molecule has 150 valence electrons. The number of benzene rings is 1. The van der Waals surface area contributed by atoms with Gasteiger partial charge in [0, 0.05) is 25.2 Å². The van der Waals surface area contributed by atoms with Crippen LogP contribution >= 0.6 is 0 Å². The number of hydrogen-bond acceptors (Lipinski definition) is 5. The lowest BCUT2D eigenvalue weighted by atomic mass is 10.1. The van der Waals surface area contributed by atoms with Gasteiger partial charge in [0.2, 0.25) is 0 Å². The van der Waals surface area contributed by atoms with Crippen molar-refractivity contribution in [2.45, 2.75) is 6.42 Å². The van der Waals surface area contributed by atoms with E-state index in [9.17, 15) is 4.79 Å². The first kappa shape index (κ1) is 18.8. The van der Waals surface area contributed by atoms with E-state index in [2.05, 4.69) is 5.10 Å². The highest BCUT2D eigenvalue weighted by Gasteiger charge is 2.28. The molecular weight excluding hydrogens is 360 g/mol. The molecule has 3 heterocycles. The second kappa shape index (κ2) is 8.20. The van der Waals surface area contributed by atoms with Crippen molar-refractivity contribution in [1.82, 2.24) is 14.7 Å². The van der Waals surface area contributed by atoms with Crippen LogP contribution in [0.1, 0.15) is 16.8 Å². The summed E-state index contributed by atoms with van der Waals surface area (Å²) in [7, 11) is 1.83. The second-order valence-electron chi connectivity index (χ2n) is 7.29. The highest BCUT2D eigenvalue weighted by molar-refractivity contribution is 6.00. The maximum atomic E-state index is 13.2. The van der Waals surface area contributed by atoms with Gasteiger partial charge in [0.15, 0.2) is 11.5 Å². The quantitative estimate of drug-likeness (QED) is 0.745. The Labute approximate surface area is 164 Å². The van der Waals surface area contributed by atoms with Crippen molar-refractivity contribution in [3.8, 4) is 22.8 Å². The number of carbonyl (C=O) groups is 1. The molecule has 1 aromatic carbocycles. The molecule has 1 saturated heterocycles. The van der Waals surface area contributed by atoms with Crippen LogP contribution in [0.2, 0.25) is 0 Å². The molecule has 2 aliphatic heterocycles. The highest BCUT2D eigenvalue weighted by atomic mass is 16.5. The molecule has 0 spiro atoms. The van der Waals surface area contributed by atoms with Gasteiger partial charge in [0.05, 0.1) is 51.6 Å². The minimum atomic E-state index is -0.00161. The average Bonchev–Trinajstić information content (AvgIpc) is 2.95. The molecule has 0 atom stereocenters. The molecule has 8 heteroatoms. The first-order chi connectivity index (χ1) is 13.7. The molecule has 4 rings (SSSR count). The molecule has 28 heavy (non-hydrogen) atoms. The third-order valence-electron chi connectivity index (χ3n) is 5.30. The Morgan fingerprint density at radius 1 is 1.21 bits per heavy atom. The number of ether oxygens (including phenoxy) is 2. The van der Waals surface area contributed by atoms with Gasteiger partial charge < -0.3 is 24.4 Å². The molecule has 2 aromatic rings. The summed E-state index contributed by atoms with van der Waals surface area (Å²) in [6.45, 7) is 5.25. The van der Waals surface area contributed by atoms with Crippen molar-refractivity contribution in [1.29, 1.82) is 0 Å². The van der Waals surface area contributed by atoms with Gasteiger partial charge in [-0.2, -0.15) is 5.10 Å². The fourth-order valence-electron chi connectivity index (χ4n) is 3.77. The second-order valence-corrected chi connectivity index (χ2v) is 7.29. The van der Waals surface area contributed by atoms with E-state index in [4.69, 9.17) is 14.6 Å². The van der Waals surface area contributed by atoms with E-state index in [1.165, 1.54) is 4.90 Å². The van der Waals surface area contributed by atoms with Gasteiger partial charge in [0.25, 0.3) is 5.91 Å². The van der Waals surface area contributed by atoms with Gasteiger partial charge in [-0.05, 0) is 18.2 Å². The lowest BCUT2D eigenvalue weighted by Gasteiger charge is -2.31. The van der Waals surface area contributed by atoms with E-state index in [0.717, 1.165) is 37.4 Å². The van der Waals surface area contributed by atoms with E-state index < -0.39 is 0 Å². The molecule has 2 N–H and O–H groups in total. The van der Waals surface area contributed by atoms with Gasteiger partial charge >= 0.3 is 0 Å². The normalized spacial score (nSPS) is 17.4. The van der Waals surface area contributed by atoms with Crippen molar-refractivity contribution >= 4 is 5.91 Å². The van der Waals surface area contributed by atoms with Crippen LogP contribution in [0, 0.1) is 0 Å². The highest BCUT2D eigenvalue weighted by Crippen LogP contribution is 2.35. The first-order valence-electron chi connectivity index (χ1n) is 9.83. The molecule has 0 radical (unpaired) electrons. The molecular formula is C20H27N4O4+. The van der Waals surface area contributed by atoms with E-state index in [0.29, 0.717) is 43.3 Å². The smallest absolute Gasteiger partial charge is 0.258 e. The van der Waals surface area contributed by atoms with E-state index >= 15 is 0 Å². The topological polar surface area (TPSA) is 81.3 Å². The Hall–Kier alpha value is -2.58. The number of fused-ring (bicyclic) bond motifs is 1. The molecule has 0 saturated carbocycles. The van der Waals surface area contributed by atoms with Crippen LogP contribution in [0.5, 0.6) is 11.5 Å². The lowest BCUT2D eigenvalue weighted by molar-refractivity contribution is -0.904. The number of carbonyl (C=O) groups excluding carboxylic acids is 1. The summed E-state index contributed by atoms with van der Waals surface area (Å²) >= 11 is 0. The maximum Gasteiger partial charge on any atom is 0.258 e. The summed E-state index contributed by atoms with van der Waals surface area (Å²) in [6, 6.07) is 5.72. The summed E-state index contributed by atoms with van der Waals surface area (Å²) in [5.41, 5.74) is 2.11. The number of aliphatic hydroxyl groups is 1. The van der Waals surface area contributed by atoms with Crippen molar-refractivity contribution in [3.05, 3.63) is 30.0 Å². The molecule has 1 amide bonds. The van der Waals surface area contributed by atoms with Gasteiger partial charge in [-0.25, -0.2) is 0 Å². The largest absolute Gasteiger partial charge is 0.490 e. The minimum Gasteiger partial charge on any atom is -0.490 e. The number of hydrogen-bond donors (Lipinski definition) is 2. The number of aryl methyl sites for hydroxylation is 1. The number of piperazine rings is 1. The molecule has 8 nitrogen and oxygen atoms in total. The van der Waals surface area contributed by atoms with Crippen LogP contribution in [-0.4, -0.2) is 78.2 Å². The molecule has 0 bridgehead atoms. The molecule has 1 aromatic heterocycles. The summed E-state index contributed by atoms with van der Waals surface area (Å²) in [5.74, 6) is 1.42. The number of nitrogens with one attached hydrogen (secondary N) is 1. The van der Waals surface area contributed by atoms with Gasteiger partial charge in [-0.1, -0.05) is 0 Å². The van der Waals surface area contributed by atoms with Crippen LogP contribution in [0.3, 0.4) is 0 Å². The Bertz CT molecular complexity index is 843. The number of aromatic nitrogens is 2. The number of aliphatic hydroxyl groups excluding tert-OH is 1. The molecule has 0 aliphatic carbocycles. The van der Waals surface area contributed by atoms with Crippen LogP contribution < -0.4 is 14.4 Å². The SMILES string of the molecule is Cn1cc(C(=O)N2CC[NH+](CCO)CC2)c(-c2ccc3c(c2)OCCCO3)n1. The molecule has 2 aliphatic rings. The van der Waals surface area contributed by atoms with Gasteiger partial charge in [0.1, 0.15) is 12.2 Å². The van der Waals surface area contributed by atoms with Crippen LogP contribution in [0.15, 0.2) is 24.4 Å². The summed E-state index contributed by atoms with van der Waals surface area (Å²) in [4.78, 5) is 16.4. The first-order valence-corrected chi connectivity index (χ1v) is 9.83. The Morgan fingerprint density at radius 2 is 1.96 bits per heavy atom. The maximum absolute atomic E-state index is 13.2.